The van der Waals surface area contributed by atoms with Crippen molar-refractivity contribution in [3.63, 3.8) is 0 Å². The average molecular weight is 261 g/mol. The Hall–Kier alpha value is -2.37. The molecule has 0 fully saturated rings. The molecule has 1 atom stereocenters. The SMILES string of the molecule is Cc1cc(C(C)Nc2cnc(C(=O)O)cn2)c(C)o1. The van der Waals surface area contributed by atoms with Gasteiger partial charge in [-0.2, -0.15) is 0 Å². The van der Waals surface area contributed by atoms with Crippen molar-refractivity contribution in [2.24, 2.45) is 0 Å². The van der Waals surface area contributed by atoms with Gasteiger partial charge in [0.2, 0.25) is 0 Å². The molecule has 0 aliphatic heterocycles. The number of hydrogen-bond donors (Lipinski definition) is 2. The second-order valence-corrected chi connectivity index (χ2v) is 4.33. The van der Waals surface area contributed by atoms with Crippen LogP contribution in [0.4, 0.5) is 5.82 Å². The predicted octanol–water partition coefficient (Wildman–Crippen LogP) is 2.56. The molecule has 100 valence electrons. The first-order chi connectivity index (χ1) is 8.97. The van der Waals surface area contributed by atoms with Gasteiger partial charge in [-0.15, -0.1) is 0 Å². The number of rotatable bonds is 4. The molecule has 0 saturated carbocycles. The van der Waals surface area contributed by atoms with Crippen molar-refractivity contribution >= 4 is 11.8 Å². The van der Waals surface area contributed by atoms with Crippen molar-refractivity contribution in [1.29, 1.82) is 0 Å². The maximum atomic E-state index is 10.7. The smallest absolute Gasteiger partial charge is 0.356 e. The average Bonchev–Trinajstić information content (AvgIpc) is 2.69. The molecular formula is C13H15N3O3. The summed E-state index contributed by atoms with van der Waals surface area (Å²) in [7, 11) is 0. The Morgan fingerprint density at radius 1 is 1.37 bits per heavy atom. The number of carboxylic acid groups (broad SMARTS) is 1. The summed E-state index contributed by atoms with van der Waals surface area (Å²) >= 11 is 0. The molecule has 6 heteroatoms. The van der Waals surface area contributed by atoms with Crippen LogP contribution >= 0.6 is 0 Å². The first-order valence-corrected chi connectivity index (χ1v) is 5.86. The molecule has 2 N–H and O–H groups in total. The van der Waals surface area contributed by atoms with Crippen LogP contribution in [0.2, 0.25) is 0 Å². The molecule has 19 heavy (non-hydrogen) atoms. The minimum absolute atomic E-state index is 0.00225. The summed E-state index contributed by atoms with van der Waals surface area (Å²) in [5, 5.41) is 11.9. The lowest BCUT2D eigenvalue weighted by Gasteiger charge is -2.13. The van der Waals surface area contributed by atoms with E-state index < -0.39 is 5.97 Å². The fourth-order valence-electron chi connectivity index (χ4n) is 1.89. The quantitative estimate of drug-likeness (QED) is 0.879. The Balaban J connectivity index is 2.12. The van der Waals surface area contributed by atoms with Gasteiger partial charge in [-0.25, -0.2) is 14.8 Å². The van der Waals surface area contributed by atoms with Crippen LogP contribution in [0, 0.1) is 13.8 Å². The number of aromatic nitrogens is 2. The number of nitrogens with zero attached hydrogens (tertiary/aromatic N) is 2. The highest BCUT2D eigenvalue weighted by atomic mass is 16.4. The van der Waals surface area contributed by atoms with Gasteiger partial charge in [0.05, 0.1) is 18.4 Å². The molecule has 6 nitrogen and oxygen atoms in total. The molecule has 2 aromatic heterocycles. The fourth-order valence-corrected chi connectivity index (χ4v) is 1.89. The third kappa shape index (κ3) is 2.90. The van der Waals surface area contributed by atoms with E-state index in [1.165, 1.54) is 12.4 Å². The Bertz CT molecular complexity index is 590. The van der Waals surface area contributed by atoms with Gasteiger partial charge in [0, 0.05) is 5.56 Å². The summed E-state index contributed by atoms with van der Waals surface area (Å²) in [5.74, 6) is 1.14. The Morgan fingerprint density at radius 3 is 2.58 bits per heavy atom. The summed E-state index contributed by atoms with van der Waals surface area (Å²) in [6, 6.07) is 1.97. The van der Waals surface area contributed by atoms with Gasteiger partial charge in [-0.3, -0.25) is 0 Å². The summed E-state index contributed by atoms with van der Waals surface area (Å²) in [5.41, 5.74) is 0.968. The minimum atomic E-state index is -1.09. The summed E-state index contributed by atoms with van der Waals surface area (Å²) < 4.78 is 5.47. The van der Waals surface area contributed by atoms with E-state index in [2.05, 4.69) is 15.3 Å². The first kappa shape index (κ1) is 13.1. The highest BCUT2D eigenvalue weighted by Crippen LogP contribution is 2.23. The van der Waals surface area contributed by atoms with Crippen LogP contribution in [-0.4, -0.2) is 21.0 Å². The largest absolute Gasteiger partial charge is 0.476 e. The molecule has 2 aromatic rings. The van der Waals surface area contributed by atoms with E-state index in [0.717, 1.165) is 17.1 Å². The zero-order valence-corrected chi connectivity index (χ0v) is 11.0. The molecule has 0 aliphatic carbocycles. The number of hydrogen-bond acceptors (Lipinski definition) is 5. The third-order valence-corrected chi connectivity index (χ3v) is 2.78. The number of furan rings is 1. The van der Waals surface area contributed by atoms with Crippen LogP contribution in [0.5, 0.6) is 0 Å². The number of aromatic carboxylic acids is 1. The van der Waals surface area contributed by atoms with E-state index in [0.29, 0.717) is 5.82 Å². The van der Waals surface area contributed by atoms with Gasteiger partial charge in [0.15, 0.2) is 5.69 Å². The van der Waals surface area contributed by atoms with Crippen molar-refractivity contribution in [3.05, 3.63) is 41.2 Å². The summed E-state index contributed by atoms with van der Waals surface area (Å²) in [4.78, 5) is 18.5. The van der Waals surface area contributed by atoms with Gasteiger partial charge in [-0.05, 0) is 26.8 Å². The first-order valence-electron chi connectivity index (χ1n) is 5.86. The second-order valence-electron chi connectivity index (χ2n) is 4.33. The summed E-state index contributed by atoms with van der Waals surface area (Å²) in [6.45, 7) is 5.77. The molecule has 2 heterocycles. The second kappa shape index (κ2) is 5.09. The summed E-state index contributed by atoms with van der Waals surface area (Å²) in [6.07, 6.45) is 2.63. The van der Waals surface area contributed by atoms with Crippen molar-refractivity contribution in [1.82, 2.24) is 9.97 Å². The van der Waals surface area contributed by atoms with Crippen molar-refractivity contribution in [3.8, 4) is 0 Å². The lowest BCUT2D eigenvalue weighted by atomic mass is 10.1. The van der Waals surface area contributed by atoms with Crippen molar-refractivity contribution in [2.75, 3.05) is 5.32 Å². The molecule has 1 unspecified atom stereocenters. The van der Waals surface area contributed by atoms with Gasteiger partial charge in [0.1, 0.15) is 17.3 Å². The highest BCUT2D eigenvalue weighted by Gasteiger charge is 2.13. The molecule has 0 aliphatic rings. The Labute approximate surface area is 110 Å². The Morgan fingerprint density at radius 2 is 2.11 bits per heavy atom. The molecule has 0 amide bonds. The minimum Gasteiger partial charge on any atom is -0.476 e. The van der Waals surface area contributed by atoms with Crippen molar-refractivity contribution in [2.45, 2.75) is 26.8 Å². The number of anilines is 1. The van der Waals surface area contributed by atoms with E-state index >= 15 is 0 Å². The lowest BCUT2D eigenvalue weighted by Crippen LogP contribution is -2.09. The predicted molar refractivity (Wildman–Crippen MR) is 69.2 cm³/mol. The molecule has 0 spiro atoms. The number of carboxylic acids is 1. The van der Waals surface area contributed by atoms with Crippen LogP contribution in [0.25, 0.3) is 0 Å². The fraction of sp³-hybridized carbons (Fsp3) is 0.308. The van der Waals surface area contributed by atoms with Gasteiger partial charge >= 0.3 is 5.97 Å². The molecule has 0 saturated heterocycles. The van der Waals surface area contributed by atoms with Crippen LogP contribution in [-0.2, 0) is 0 Å². The molecule has 0 aromatic carbocycles. The zero-order valence-electron chi connectivity index (χ0n) is 11.0. The zero-order chi connectivity index (χ0) is 14.0. The highest BCUT2D eigenvalue weighted by molar-refractivity contribution is 5.84. The normalized spacial score (nSPS) is 12.2. The maximum Gasteiger partial charge on any atom is 0.356 e. The van der Waals surface area contributed by atoms with Gasteiger partial charge in [0.25, 0.3) is 0 Å². The Kier molecular flexibility index (Phi) is 3.50. The van der Waals surface area contributed by atoms with Crippen LogP contribution < -0.4 is 5.32 Å². The standard InChI is InChI=1S/C13H15N3O3/c1-7-4-10(9(3)19-7)8(2)16-12-6-14-11(5-15-12)13(17)18/h4-6,8H,1-3H3,(H,15,16)(H,17,18). The van der Waals surface area contributed by atoms with Crippen LogP contribution in [0.3, 0.4) is 0 Å². The van der Waals surface area contributed by atoms with Gasteiger partial charge < -0.3 is 14.8 Å². The topological polar surface area (TPSA) is 88.2 Å². The molecule has 0 radical (unpaired) electrons. The van der Waals surface area contributed by atoms with E-state index in [1.54, 1.807) is 0 Å². The lowest BCUT2D eigenvalue weighted by molar-refractivity contribution is 0.0690. The maximum absolute atomic E-state index is 10.7. The molecule has 0 bridgehead atoms. The van der Waals surface area contributed by atoms with Crippen LogP contribution in [0.1, 0.15) is 40.5 Å². The van der Waals surface area contributed by atoms with E-state index in [-0.39, 0.29) is 11.7 Å². The molecule has 2 rings (SSSR count). The van der Waals surface area contributed by atoms with E-state index in [9.17, 15) is 4.79 Å². The van der Waals surface area contributed by atoms with Gasteiger partial charge in [-0.1, -0.05) is 0 Å². The monoisotopic (exact) mass is 261 g/mol. The number of carbonyl (C=O) groups is 1. The number of aryl methyl sites for hydroxylation is 2. The van der Waals surface area contributed by atoms with E-state index in [4.69, 9.17) is 9.52 Å². The molecular weight excluding hydrogens is 246 g/mol. The van der Waals surface area contributed by atoms with Crippen molar-refractivity contribution < 1.29 is 14.3 Å². The number of nitrogens with one attached hydrogen (secondary N) is 1. The van der Waals surface area contributed by atoms with E-state index in [1.807, 2.05) is 26.8 Å². The third-order valence-electron chi connectivity index (χ3n) is 2.78. The van der Waals surface area contributed by atoms with Crippen LogP contribution in [0.15, 0.2) is 22.9 Å².